The fourth-order valence-corrected chi connectivity index (χ4v) is 1.94. The molecule has 2 heterocycles. The highest BCUT2D eigenvalue weighted by molar-refractivity contribution is 6.29. The van der Waals surface area contributed by atoms with Crippen LogP contribution in [-0.2, 0) is 0 Å². The van der Waals surface area contributed by atoms with Crippen molar-refractivity contribution in [3.8, 4) is 11.5 Å². The number of benzene rings is 1. The van der Waals surface area contributed by atoms with Gasteiger partial charge in [0.25, 0.3) is 0 Å². The smallest absolute Gasteiger partial charge is 0.163 e. The first-order chi connectivity index (χ1) is 9.31. The van der Waals surface area contributed by atoms with Crippen molar-refractivity contribution >= 4 is 23.1 Å². The molecule has 0 unspecified atom stereocenters. The number of hydrogen-bond acceptors (Lipinski definition) is 5. The summed E-state index contributed by atoms with van der Waals surface area (Å²) in [7, 11) is 0. The normalized spacial score (nSPS) is 13.7. The predicted molar refractivity (Wildman–Crippen MR) is 72.4 cm³/mol. The Morgan fingerprint density at radius 2 is 1.89 bits per heavy atom. The summed E-state index contributed by atoms with van der Waals surface area (Å²) in [5.74, 6) is 2.14. The molecule has 0 radical (unpaired) electrons. The zero-order valence-electron chi connectivity index (χ0n) is 10.1. The monoisotopic (exact) mass is 277 g/mol. The van der Waals surface area contributed by atoms with E-state index in [9.17, 15) is 0 Å². The van der Waals surface area contributed by atoms with Crippen LogP contribution < -0.4 is 14.8 Å². The number of anilines is 2. The Bertz CT molecular complexity index is 592. The van der Waals surface area contributed by atoms with Gasteiger partial charge in [-0.1, -0.05) is 11.6 Å². The van der Waals surface area contributed by atoms with Crippen LogP contribution in [0.15, 0.2) is 30.6 Å². The summed E-state index contributed by atoms with van der Waals surface area (Å²) in [6.45, 7) is 1.34. The highest BCUT2D eigenvalue weighted by Crippen LogP contribution is 2.33. The van der Waals surface area contributed by atoms with Gasteiger partial charge in [0.2, 0.25) is 0 Å². The molecule has 1 N–H and O–H groups in total. The summed E-state index contributed by atoms with van der Waals surface area (Å²) in [5.41, 5.74) is 0.860. The second kappa shape index (κ2) is 5.32. The minimum absolute atomic E-state index is 0.395. The molecule has 6 heteroatoms. The van der Waals surface area contributed by atoms with Gasteiger partial charge in [0, 0.05) is 24.2 Å². The van der Waals surface area contributed by atoms with Gasteiger partial charge in [-0.3, -0.25) is 0 Å². The maximum atomic E-state index is 5.81. The third-order valence-corrected chi connectivity index (χ3v) is 2.86. The molecule has 3 rings (SSSR count). The third kappa shape index (κ3) is 2.88. The summed E-state index contributed by atoms with van der Waals surface area (Å²) in [5, 5.41) is 3.54. The van der Waals surface area contributed by atoms with Crippen molar-refractivity contribution in [3.05, 3.63) is 35.7 Å². The molecule has 0 spiro atoms. The fraction of sp³-hybridized carbons (Fsp3) is 0.231. The lowest BCUT2D eigenvalue weighted by atomic mass is 10.2. The number of aromatic nitrogens is 2. The number of nitrogens with one attached hydrogen (secondary N) is 1. The molecule has 1 aliphatic rings. The molecule has 5 nitrogen and oxygen atoms in total. The van der Waals surface area contributed by atoms with E-state index in [1.807, 2.05) is 18.2 Å². The predicted octanol–water partition coefficient (Wildman–Crippen LogP) is 3.03. The number of ether oxygens (including phenoxy) is 2. The van der Waals surface area contributed by atoms with E-state index in [0.717, 1.165) is 23.6 Å². The van der Waals surface area contributed by atoms with Gasteiger partial charge < -0.3 is 14.8 Å². The Labute approximate surface area is 115 Å². The molecule has 0 amide bonds. The second-order valence-electron chi connectivity index (χ2n) is 4.06. The van der Waals surface area contributed by atoms with Crippen LogP contribution >= 0.6 is 11.6 Å². The number of nitrogens with zero attached hydrogens (tertiary/aromatic N) is 2. The van der Waals surface area contributed by atoms with E-state index < -0.39 is 0 Å². The SMILES string of the molecule is Clc1cc(Nc2ccc3c(c2)OCCCO3)ncn1. The molecule has 0 fully saturated rings. The summed E-state index contributed by atoms with van der Waals surface area (Å²) < 4.78 is 11.2. The van der Waals surface area contributed by atoms with E-state index in [4.69, 9.17) is 21.1 Å². The van der Waals surface area contributed by atoms with Crippen LogP contribution in [0.2, 0.25) is 5.15 Å². The molecule has 19 heavy (non-hydrogen) atoms. The largest absolute Gasteiger partial charge is 0.490 e. The minimum atomic E-state index is 0.395. The Balaban J connectivity index is 1.84. The molecule has 0 aliphatic carbocycles. The van der Waals surface area contributed by atoms with Gasteiger partial charge in [-0.05, 0) is 12.1 Å². The molecule has 1 aromatic carbocycles. The van der Waals surface area contributed by atoms with Crippen LogP contribution in [0.25, 0.3) is 0 Å². The van der Waals surface area contributed by atoms with Gasteiger partial charge in [-0.15, -0.1) is 0 Å². The lowest BCUT2D eigenvalue weighted by Gasteiger charge is -2.10. The Kier molecular flexibility index (Phi) is 3.37. The van der Waals surface area contributed by atoms with Crippen LogP contribution in [0.3, 0.4) is 0 Å². The standard InChI is InChI=1S/C13H12ClN3O2/c14-12-7-13(16-8-15-12)17-9-2-3-10-11(6-9)19-5-1-4-18-10/h2-3,6-8H,1,4-5H2,(H,15,16,17). The van der Waals surface area contributed by atoms with Crippen molar-refractivity contribution in [1.29, 1.82) is 0 Å². The van der Waals surface area contributed by atoms with Gasteiger partial charge in [-0.25, -0.2) is 9.97 Å². The lowest BCUT2D eigenvalue weighted by Crippen LogP contribution is -1.97. The molecule has 2 aromatic rings. The van der Waals surface area contributed by atoms with E-state index in [2.05, 4.69) is 15.3 Å². The number of fused-ring (bicyclic) bond motifs is 1. The minimum Gasteiger partial charge on any atom is -0.490 e. The molecule has 1 aromatic heterocycles. The average Bonchev–Trinajstić information content (AvgIpc) is 2.63. The fourth-order valence-electron chi connectivity index (χ4n) is 1.79. The Morgan fingerprint density at radius 3 is 2.74 bits per heavy atom. The highest BCUT2D eigenvalue weighted by atomic mass is 35.5. The van der Waals surface area contributed by atoms with Crippen molar-refractivity contribution in [2.24, 2.45) is 0 Å². The van der Waals surface area contributed by atoms with Crippen molar-refractivity contribution < 1.29 is 9.47 Å². The number of halogens is 1. The van der Waals surface area contributed by atoms with E-state index in [1.165, 1.54) is 6.33 Å². The third-order valence-electron chi connectivity index (χ3n) is 2.65. The van der Waals surface area contributed by atoms with Crippen LogP contribution in [0.5, 0.6) is 11.5 Å². The van der Waals surface area contributed by atoms with E-state index >= 15 is 0 Å². The van der Waals surface area contributed by atoms with E-state index in [0.29, 0.717) is 24.2 Å². The van der Waals surface area contributed by atoms with Gasteiger partial charge in [0.05, 0.1) is 13.2 Å². The second-order valence-corrected chi connectivity index (χ2v) is 4.45. The first-order valence-electron chi connectivity index (χ1n) is 5.95. The maximum Gasteiger partial charge on any atom is 0.163 e. The van der Waals surface area contributed by atoms with Crippen LogP contribution in [0, 0.1) is 0 Å². The first-order valence-corrected chi connectivity index (χ1v) is 6.33. The molecule has 1 aliphatic heterocycles. The molecule has 98 valence electrons. The molecular formula is C13H12ClN3O2. The summed E-state index contributed by atoms with van der Waals surface area (Å²) in [6, 6.07) is 7.33. The van der Waals surface area contributed by atoms with Crippen LogP contribution in [-0.4, -0.2) is 23.2 Å². The van der Waals surface area contributed by atoms with Gasteiger partial charge in [0.15, 0.2) is 11.5 Å². The van der Waals surface area contributed by atoms with E-state index in [-0.39, 0.29) is 0 Å². The van der Waals surface area contributed by atoms with Crippen molar-refractivity contribution in [2.75, 3.05) is 18.5 Å². The highest BCUT2D eigenvalue weighted by Gasteiger charge is 2.10. The zero-order chi connectivity index (χ0) is 13.1. The molecule has 0 atom stereocenters. The van der Waals surface area contributed by atoms with E-state index in [1.54, 1.807) is 6.07 Å². The maximum absolute atomic E-state index is 5.81. The van der Waals surface area contributed by atoms with Gasteiger partial charge in [0.1, 0.15) is 17.3 Å². The Hall–Kier alpha value is -2.01. The van der Waals surface area contributed by atoms with Gasteiger partial charge >= 0.3 is 0 Å². The summed E-state index contributed by atoms with van der Waals surface area (Å²) in [6.07, 6.45) is 2.30. The first kappa shape index (κ1) is 12.0. The zero-order valence-corrected chi connectivity index (χ0v) is 10.9. The summed E-state index contributed by atoms with van der Waals surface area (Å²) in [4.78, 5) is 7.92. The lowest BCUT2D eigenvalue weighted by molar-refractivity contribution is 0.297. The van der Waals surface area contributed by atoms with Crippen molar-refractivity contribution in [2.45, 2.75) is 6.42 Å². The quantitative estimate of drug-likeness (QED) is 0.855. The molecule has 0 bridgehead atoms. The number of rotatable bonds is 2. The molecule has 0 saturated heterocycles. The van der Waals surface area contributed by atoms with Gasteiger partial charge in [-0.2, -0.15) is 0 Å². The topological polar surface area (TPSA) is 56.3 Å². The molecule has 0 saturated carbocycles. The van der Waals surface area contributed by atoms with Crippen molar-refractivity contribution in [3.63, 3.8) is 0 Å². The van der Waals surface area contributed by atoms with Crippen LogP contribution in [0.4, 0.5) is 11.5 Å². The van der Waals surface area contributed by atoms with Crippen LogP contribution in [0.1, 0.15) is 6.42 Å². The molecular weight excluding hydrogens is 266 g/mol. The summed E-state index contributed by atoms with van der Waals surface area (Å²) >= 11 is 5.81. The average molecular weight is 278 g/mol. The Morgan fingerprint density at radius 1 is 1.05 bits per heavy atom. The van der Waals surface area contributed by atoms with Crippen molar-refractivity contribution in [1.82, 2.24) is 9.97 Å². The number of hydrogen-bond donors (Lipinski definition) is 1.